The number of hydrogen-bond acceptors (Lipinski definition) is 5. The molecule has 1 fully saturated rings. The first-order chi connectivity index (χ1) is 12.5. The van der Waals surface area contributed by atoms with E-state index in [1.165, 1.54) is 11.3 Å². The van der Waals surface area contributed by atoms with Gasteiger partial charge in [0.05, 0.1) is 12.1 Å². The van der Waals surface area contributed by atoms with E-state index in [0.717, 1.165) is 6.42 Å². The number of amides is 3. The number of carbonyl (C=O) groups excluding carboxylic acids is 3. The first-order valence-electron chi connectivity index (χ1n) is 8.36. The molecule has 3 rings (SSSR count). The minimum atomic E-state index is -0.216. The predicted molar refractivity (Wildman–Crippen MR) is 101 cm³/mol. The van der Waals surface area contributed by atoms with Crippen LogP contribution in [0.25, 0.3) is 0 Å². The van der Waals surface area contributed by atoms with Crippen LogP contribution in [0.2, 0.25) is 0 Å². The van der Waals surface area contributed by atoms with Crippen molar-refractivity contribution in [2.45, 2.75) is 26.2 Å². The van der Waals surface area contributed by atoms with E-state index in [1.807, 2.05) is 0 Å². The summed E-state index contributed by atoms with van der Waals surface area (Å²) in [6, 6.07) is 5.20. The van der Waals surface area contributed by atoms with Crippen LogP contribution in [-0.2, 0) is 16.0 Å². The van der Waals surface area contributed by atoms with Gasteiger partial charge in [-0.05, 0) is 31.0 Å². The van der Waals surface area contributed by atoms with Crippen molar-refractivity contribution in [1.29, 1.82) is 0 Å². The van der Waals surface area contributed by atoms with Crippen LogP contribution >= 0.6 is 11.3 Å². The van der Waals surface area contributed by atoms with E-state index in [0.29, 0.717) is 40.6 Å². The van der Waals surface area contributed by atoms with Crippen LogP contribution in [0.15, 0.2) is 23.6 Å². The fourth-order valence-electron chi connectivity index (χ4n) is 2.86. The lowest BCUT2D eigenvalue weighted by molar-refractivity contribution is -0.117. The van der Waals surface area contributed by atoms with Gasteiger partial charge >= 0.3 is 0 Å². The topological polar surface area (TPSA) is 91.4 Å². The molecule has 2 heterocycles. The van der Waals surface area contributed by atoms with E-state index in [1.54, 1.807) is 42.5 Å². The van der Waals surface area contributed by atoms with Gasteiger partial charge in [-0.25, -0.2) is 4.98 Å². The van der Waals surface area contributed by atoms with Crippen LogP contribution in [0, 0.1) is 6.92 Å². The summed E-state index contributed by atoms with van der Waals surface area (Å²) >= 11 is 1.37. The highest BCUT2D eigenvalue weighted by Crippen LogP contribution is 2.26. The van der Waals surface area contributed by atoms with E-state index in [2.05, 4.69) is 15.6 Å². The maximum Gasteiger partial charge on any atom is 0.251 e. The molecule has 2 aromatic rings. The molecule has 1 aromatic heterocycles. The van der Waals surface area contributed by atoms with Crippen LogP contribution in [0.3, 0.4) is 0 Å². The highest BCUT2D eigenvalue weighted by atomic mass is 32.1. The number of benzene rings is 1. The quantitative estimate of drug-likeness (QED) is 0.841. The zero-order chi connectivity index (χ0) is 18.7. The van der Waals surface area contributed by atoms with Crippen molar-refractivity contribution in [3.8, 4) is 0 Å². The molecule has 0 unspecified atom stereocenters. The predicted octanol–water partition coefficient (Wildman–Crippen LogP) is 2.12. The minimum absolute atomic E-state index is 0.0805. The first-order valence-corrected chi connectivity index (χ1v) is 9.24. The van der Waals surface area contributed by atoms with Gasteiger partial charge in [0.25, 0.3) is 5.91 Å². The molecule has 2 N–H and O–H groups in total. The summed E-state index contributed by atoms with van der Waals surface area (Å²) in [4.78, 5) is 42.1. The van der Waals surface area contributed by atoms with E-state index < -0.39 is 0 Å². The highest BCUT2D eigenvalue weighted by molar-refractivity contribution is 7.14. The second-order valence-electron chi connectivity index (χ2n) is 6.05. The zero-order valence-corrected chi connectivity index (χ0v) is 15.5. The van der Waals surface area contributed by atoms with Crippen LogP contribution < -0.4 is 15.5 Å². The Morgan fingerprint density at radius 2 is 2.15 bits per heavy atom. The Morgan fingerprint density at radius 1 is 1.35 bits per heavy atom. The molecule has 0 atom stereocenters. The van der Waals surface area contributed by atoms with Gasteiger partial charge in [0.1, 0.15) is 0 Å². The normalized spacial score (nSPS) is 13.8. The summed E-state index contributed by atoms with van der Waals surface area (Å²) in [5, 5.41) is 7.86. The lowest BCUT2D eigenvalue weighted by atomic mass is 10.1. The molecule has 136 valence electrons. The largest absolute Gasteiger partial charge is 0.355 e. The molecule has 1 aliphatic heterocycles. The third-order valence-corrected chi connectivity index (χ3v) is 5.18. The summed E-state index contributed by atoms with van der Waals surface area (Å²) in [7, 11) is 1.57. The Balaban J connectivity index is 1.67. The van der Waals surface area contributed by atoms with Gasteiger partial charge < -0.3 is 10.6 Å². The van der Waals surface area contributed by atoms with Crippen molar-refractivity contribution in [2.75, 3.05) is 23.8 Å². The smallest absolute Gasteiger partial charge is 0.251 e. The Bertz CT molecular complexity index is 862. The number of thiazole rings is 1. The second-order valence-corrected chi connectivity index (χ2v) is 6.89. The van der Waals surface area contributed by atoms with Crippen molar-refractivity contribution in [3.63, 3.8) is 0 Å². The van der Waals surface area contributed by atoms with E-state index >= 15 is 0 Å². The third-order valence-electron chi connectivity index (χ3n) is 4.27. The zero-order valence-electron chi connectivity index (χ0n) is 14.7. The van der Waals surface area contributed by atoms with Crippen LogP contribution in [-0.4, -0.2) is 36.3 Å². The molecule has 1 aliphatic rings. The second kappa shape index (κ2) is 7.65. The minimum Gasteiger partial charge on any atom is -0.355 e. The highest BCUT2D eigenvalue weighted by Gasteiger charge is 2.24. The summed E-state index contributed by atoms with van der Waals surface area (Å²) in [5.41, 5.74) is 2.46. The van der Waals surface area contributed by atoms with Gasteiger partial charge in [0, 0.05) is 36.6 Å². The van der Waals surface area contributed by atoms with Crippen molar-refractivity contribution >= 4 is 39.9 Å². The molecule has 1 saturated heterocycles. The molecule has 0 aliphatic carbocycles. The molecule has 0 radical (unpaired) electrons. The molecule has 26 heavy (non-hydrogen) atoms. The van der Waals surface area contributed by atoms with Crippen molar-refractivity contribution in [1.82, 2.24) is 10.3 Å². The van der Waals surface area contributed by atoms with E-state index in [9.17, 15) is 14.4 Å². The molecule has 0 saturated carbocycles. The third kappa shape index (κ3) is 3.75. The Kier molecular flexibility index (Phi) is 5.32. The Hall–Kier alpha value is -2.74. The van der Waals surface area contributed by atoms with Gasteiger partial charge in [-0.3, -0.25) is 19.3 Å². The molecule has 0 spiro atoms. The van der Waals surface area contributed by atoms with Crippen LogP contribution in [0.1, 0.15) is 34.5 Å². The first kappa shape index (κ1) is 18.1. The SMILES string of the molecule is CNC(=O)c1cccc(NC(=O)Cc2csc(N3CCCC3=O)n2)c1C. The summed E-state index contributed by atoms with van der Waals surface area (Å²) < 4.78 is 0. The molecular weight excluding hydrogens is 352 g/mol. The van der Waals surface area contributed by atoms with Gasteiger partial charge in [-0.15, -0.1) is 11.3 Å². The van der Waals surface area contributed by atoms with Gasteiger partial charge in [-0.2, -0.15) is 0 Å². The lowest BCUT2D eigenvalue weighted by Gasteiger charge is -2.11. The average Bonchev–Trinajstić information content (AvgIpc) is 3.24. The number of nitrogens with one attached hydrogen (secondary N) is 2. The Labute approximate surface area is 155 Å². The molecule has 7 nitrogen and oxygen atoms in total. The number of aromatic nitrogens is 1. The van der Waals surface area contributed by atoms with Gasteiger partial charge in [0.15, 0.2) is 5.13 Å². The van der Waals surface area contributed by atoms with Crippen molar-refractivity contribution in [2.24, 2.45) is 0 Å². The van der Waals surface area contributed by atoms with E-state index in [4.69, 9.17) is 0 Å². The number of nitrogens with zero attached hydrogens (tertiary/aromatic N) is 2. The molecule has 0 bridgehead atoms. The fraction of sp³-hybridized carbons (Fsp3) is 0.333. The number of carbonyl (C=O) groups is 3. The maximum absolute atomic E-state index is 12.4. The standard InChI is InChI=1S/C18H20N4O3S/c1-11-13(17(25)19-2)5-3-6-14(11)21-15(23)9-12-10-26-18(20-12)22-8-4-7-16(22)24/h3,5-6,10H,4,7-9H2,1-2H3,(H,19,25)(H,21,23). The maximum atomic E-state index is 12.4. The van der Waals surface area contributed by atoms with Crippen LogP contribution in [0.5, 0.6) is 0 Å². The summed E-state index contributed by atoms with van der Waals surface area (Å²) in [5.74, 6) is -0.332. The van der Waals surface area contributed by atoms with Crippen molar-refractivity contribution in [3.05, 3.63) is 40.4 Å². The number of rotatable bonds is 5. The summed E-state index contributed by atoms with van der Waals surface area (Å²) in [6.07, 6.45) is 1.51. The summed E-state index contributed by atoms with van der Waals surface area (Å²) in [6.45, 7) is 2.48. The molecule has 3 amide bonds. The molecule has 1 aromatic carbocycles. The number of anilines is 2. The lowest BCUT2D eigenvalue weighted by Crippen LogP contribution is -2.23. The monoisotopic (exact) mass is 372 g/mol. The average molecular weight is 372 g/mol. The molecule has 8 heteroatoms. The number of hydrogen-bond donors (Lipinski definition) is 2. The van der Waals surface area contributed by atoms with Crippen molar-refractivity contribution < 1.29 is 14.4 Å². The van der Waals surface area contributed by atoms with E-state index in [-0.39, 0.29) is 24.1 Å². The van der Waals surface area contributed by atoms with Gasteiger partial charge in [-0.1, -0.05) is 6.07 Å². The van der Waals surface area contributed by atoms with Crippen LogP contribution in [0.4, 0.5) is 10.8 Å². The fourth-order valence-corrected chi connectivity index (χ4v) is 3.73. The Morgan fingerprint density at radius 3 is 2.85 bits per heavy atom. The van der Waals surface area contributed by atoms with Gasteiger partial charge in [0.2, 0.25) is 11.8 Å². The molecular formula is C18H20N4O3S.